The smallest absolute Gasteiger partial charge is 0.223 e. The van der Waals surface area contributed by atoms with Gasteiger partial charge in [0.15, 0.2) is 0 Å². The molecule has 6 heteroatoms. The highest BCUT2D eigenvalue weighted by molar-refractivity contribution is 5.65. The van der Waals surface area contributed by atoms with Crippen molar-refractivity contribution < 1.29 is 9.13 Å². The Morgan fingerprint density at radius 3 is 2.65 bits per heavy atom. The molecule has 1 unspecified atom stereocenters. The molecule has 1 aromatic carbocycles. The minimum Gasteiger partial charge on any atom is -0.372 e. The second-order valence-corrected chi connectivity index (χ2v) is 6.21. The largest absolute Gasteiger partial charge is 0.372 e. The van der Waals surface area contributed by atoms with Crippen molar-refractivity contribution in [3.05, 3.63) is 72.1 Å². The molecule has 1 N–H and O–H groups in total. The molecule has 5 nitrogen and oxygen atoms in total. The first-order valence-electron chi connectivity index (χ1n) is 8.67. The number of halogens is 1. The Balaban J connectivity index is 1.60. The molecule has 1 atom stereocenters. The predicted octanol–water partition coefficient (Wildman–Crippen LogP) is 4.14. The van der Waals surface area contributed by atoms with E-state index in [1.165, 1.54) is 12.1 Å². The van der Waals surface area contributed by atoms with Crippen LogP contribution >= 0.6 is 0 Å². The summed E-state index contributed by atoms with van der Waals surface area (Å²) in [6, 6.07) is 10.3. The van der Waals surface area contributed by atoms with Crippen molar-refractivity contribution in [1.82, 2.24) is 15.0 Å². The summed E-state index contributed by atoms with van der Waals surface area (Å²) < 4.78 is 18.9. The predicted molar refractivity (Wildman–Crippen MR) is 96.9 cm³/mol. The topological polar surface area (TPSA) is 59.9 Å². The molecule has 132 valence electrons. The average Bonchev–Trinajstić information content (AvgIpc) is 3.23. The van der Waals surface area contributed by atoms with E-state index in [1.807, 2.05) is 18.3 Å². The van der Waals surface area contributed by atoms with Crippen LogP contribution in [0.25, 0.3) is 11.1 Å². The van der Waals surface area contributed by atoms with Gasteiger partial charge in [-0.1, -0.05) is 12.1 Å². The molecule has 26 heavy (non-hydrogen) atoms. The van der Waals surface area contributed by atoms with Crippen molar-refractivity contribution >= 4 is 5.95 Å². The van der Waals surface area contributed by atoms with Gasteiger partial charge < -0.3 is 10.1 Å². The van der Waals surface area contributed by atoms with Crippen LogP contribution in [-0.2, 0) is 11.3 Å². The summed E-state index contributed by atoms with van der Waals surface area (Å²) in [5, 5.41) is 3.21. The van der Waals surface area contributed by atoms with Gasteiger partial charge in [-0.25, -0.2) is 14.4 Å². The molecule has 1 aliphatic heterocycles. The van der Waals surface area contributed by atoms with Crippen molar-refractivity contribution in [3.8, 4) is 11.1 Å². The van der Waals surface area contributed by atoms with E-state index in [0.29, 0.717) is 12.5 Å². The number of pyridine rings is 1. The quantitative estimate of drug-likeness (QED) is 0.749. The Morgan fingerprint density at radius 1 is 1.12 bits per heavy atom. The minimum absolute atomic E-state index is 0.0208. The zero-order valence-electron chi connectivity index (χ0n) is 14.2. The van der Waals surface area contributed by atoms with Crippen LogP contribution in [0.3, 0.4) is 0 Å². The maximum atomic E-state index is 13.0. The van der Waals surface area contributed by atoms with Crippen LogP contribution in [0.15, 0.2) is 55.0 Å². The maximum Gasteiger partial charge on any atom is 0.223 e. The van der Waals surface area contributed by atoms with Gasteiger partial charge in [0.05, 0.1) is 5.69 Å². The number of benzene rings is 1. The number of nitrogens with one attached hydrogen (secondary N) is 1. The van der Waals surface area contributed by atoms with Gasteiger partial charge in [0, 0.05) is 37.3 Å². The van der Waals surface area contributed by atoms with E-state index >= 15 is 0 Å². The second-order valence-electron chi connectivity index (χ2n) is 6.21. The summed E-state index contributed by atoms with van der Waals surface area (Å²) >= 11 is 0. The fourth-order valence-electron chi connectivity index (χ4n) is 3.06. The van der Waals surface area contributed by atoms with Crippen molar-refractivity contribution in [2.24, 2.45) is 0 Å². The molecule has 0 bridgehead atoms. The lowest BCUT2D eigenvalue weighted by atomic mass is 10.0. The second kappa shape index (κ2) is 7.58. The first-order valence-corrected chi connectivity index (χ1v) is 8.67. The highest BCUT2D eigenvalue weighted by atomic mass is 19.1. The van der Waals surface area contributed by atoms with Gasteiger partial charge >= 0.3 is 0 Å². The van der Waals surface area contributed by atoms with E-state index < -0.39 is 0 Å². The number of hydrogen-bond donors (Lipinski definition) is 1. The highest BCUT2D eigenvalue weighted by Crippen LogP contribution is 2.34. The van der Waals surface area contributed by atoms with Gasteiger partial charge in [-0.15, -0.1) is 0 Å². The van der Waals surface area contributed by atoms with Gasteiger partial charge in [-0.05, 0) is 48.2 Å². The molecular formula is C20H19FN4O. The first kappa shape index (κ1) is 16.6. The molecule has 0 spiro atoms. The Kier molecular flexibility index (Phi) is 4.84. The van der Waals surface area contributed by atoms with E-state index in [4.69, 9.17) is 9.72 Å². The molecule has 3 heterocycles. The summed E-state index contributed by atoms with van der Waals surface area (Å²) in [5.74, 6) is 0.296. The average molecular weight is 350 g/mol. The van der Waals surface area contributed by atoms with Gasteiger partial charge in [0.25, 0.3) is 0 Å². The van der Waals surface area contributed by atoms with E-state index in [-0.39, 0.29) is 11.9 Å². The van der Waals surface area contributed by atoms with Crippen molar-refractivity contribution in [2.75, 3.05) is 11.9 Å². The number of aromatic nitrogens is 3. The van der Waals surface area contributed by atoms with Crippen molar-refractivity contribution in [2.45, 2.75) is 25.5 Å². The van der Waals surface area contributed by atoms with E-state index in [0.717, 1.165) is 41.8 Å². The fraction of sp³-hybridized carbons (Fsp3) is 0.250. The third-order valence-corrected chi connectivity index (χ3v) is 4.41. The number of anilines is 1. The zero-order valence-corrected chi connectivity index (χ0v) is 14.2. The van der Waals surface area contributed by atoms with Crippen LogP contribution < -0.4 is 5.32 Å². The van der Waals surface area contributed by atoms with Crippen molar-refractivity contribution in [3.63, 3.8) is 0 Å². The maximum absolute atomic E-state index is 13.0. The Hall–Kier alpha value is -2.86. The molecule has 0 aliphatic carbocycles. The van der Waals surface area contributed by atoms with E-state index in [1.54, 1.807) is 24.5 Å². The summed E-state index contributed by atoms with van der Waals surface area (Å²) in [4.78, 5) is 13.2. The van der Waals surface area contributed by atoms with Crippen LogP contribution in [-0.4, -0.2) is 21.6 Å². The number of rotatable bonds is 5. The molecule has 0 saturated carbocycles. The lowest BCUT2D eigenvalue weighted by molar-refractivity contribution is 0.109. The SMILES string of the molecule is Fc1ccc(CNc2ncc(-c3ccncc3)c(C3CCCO3)n2)cc1. The Bertz CT molecular complexity index is 865. The van der Waals surface area contributed by atoms with Crippen LogP contribution in [0.1, 0.15) is 30.2 Å². The zero-order chi connectivity index (χ0) is 17.8. The van der Waals surface area contributed by atoms with Crippen LogP contribution in [0.4, 0.5) is 10.3 Å². The van der Waals surface area contributed by atoms with Gasteiger partial charge in [0.1, 0.15) is 11.9 Å². The van der Waals surface area contributed by atoms with Gasteiger partial charge in [-0.3, -0.25) is 4.98 Å². The number of hydrogen-bond acceptors (Lipinski definition) is 5. The minimum atomic E-state index is -0.243. The molecule has 1 fully saturated rings. The molecular weight excluding hydrogens is 331 g/mol. The standard InChI is InChI=1S/C20H19FN4O/c21-16-5-3-14(4-6-16)12-23-20-24-13-17(15-7-9-22-10-8-15)19(25-20)18-2-1-11-26-18/h3-10,13,18H,1-2,11-12H2,(H,23,24,25). The van der Waals surface area contributed by atoms with Gasteiger partial charge in [0.2, 0.25) is 5.95 Å². The third kappa shape index (κ3) is 3.70. The van der Waals surface area contributed by atoms with Crippen molar-refractivity contribution in [1.29, 1.82) is 0 Å². The van der Waals surface area contributed by atoms with Crippen LogP contribution in [0.2, 0.25) is 0 Å². The lowest BCUT2D eigenvalue weighted by Crippen LogP contribution is -2.09. The summed E-state index contributed by atoms with van der Waals surface area (Å²) in [6.45, 7) is 1.28. The van der Waals surface area contributed by atoms with E-state index in [9.17, 15) is 4.39 Å². The Morgan fingerprint density at radius 2 is 1.92 bits per heavy atom. The number of nitrogens with zero attached hydrogens (tertiary/aromatic N) is 3. The van der Waals surface area contributed by atoms with Crippen LogP contribution in [0.5, 0.6) is 0 Å². The van der Waals surface area contributed by atoms with Crippen LogP contribution in [0, 0.1) is 5.82 Å². The summed E-state index contributed by atoms with van der Waals surface area (Å²) in [7, 11) is 0. The molecule has 0 amide bonds. The molecule has 2 aromatic heterocycles. The first-order chi connectivity index (χ1) is 12.8. The molecule has 1 aliphatic rings. The lowest BCUT2D eigenvalue weighted by Gasteiger charge is -2.15. The highest BCUT2D eigenvalue weighted by Gasteiger charge is 2.23. The van der Waals surface area contributed by atoms with E-state index in [2.05, 4.69) is 15.3 Å². The molecule has 3 aromatic rings. The Labute approximate surface area is 151 Å². The normalized spacial score (nSPS) is 16.6. The monoisotopic (exact) mass is 350 g/mol. The molecule has 0 radical (unpaired) electrons. The fourth-order valence-corrected chi connectivity index (χ4v) is 3.06. The molecule has 1 saturated heterocycles. The van der Waals surface area contributed by atoms with Gasteiger partial charge in [-0.2, -0.15) is 0 Å². The summed E-state index contributed by atoms with van der Waals surface area (Å²) in [5.41, 5.74) is 3.85. The molecule has 4 rings (SSSR count). The number of ether oxygens (including phenoxy) is 1. The third-order valence-electron chi connectivity index (χ3n) is 4.41. The summed E-state index contributed by atoms with van der Waals surface area (Å²) in [6.07, 6.45) is 7.30.